The summed E-state index contributed by atoms with van der Waals surface area (Å²) in [5, 5.41) is 2.72. The molecule has 0 aliphatic carbocycles. The zero-order chi connectivity index (χ0) is 23.7. The van der Waals surface area contributed by atoms with E-state index in [0.717, 1.165) is 6.42 Å². The first-order chi connectivity index (χ1) is 15.2. The Labute approximate surface area is 185 Å². The molecule has 2 aromatic carbocycles. The fourth-order valence-corrected chi connectivity index (χ4v) is 2.93. The Morgan fingerprint density at radius 2 is 1.75 bits per heavy atom. The number of rotatable bonds is 10. The van der Waals surface area contributed by atoms with Crippen LogP contribution in [0.1, 0.15) is 43.1 Å². The Morgan fingerprint density at radius 3 is 2.38 bits per heavy atom. The van der Waals surface area contributed by atoms with E-state index in [0.29, 0.717) is 46.4 Å². The normalized spacial score (nSPS) is 11.1. The number of ether oxygens (including phenoxy) is 2. The predicted octanol–water partition coefficient (Wildman–Crippen LogP) is 5.04. The zero-order valence-corrected chi connectivity index (χ0v) is 18.3. The van der Waals surface area contributed by atoms with Gasteiger partial charge in [0.25, 0.3) is 5.91 Å². The van der Waals surface area contributed by atoms with Gasteiger partial charge in [0, 0.05) is 24.3 Å². The average Bonchev–Trinajstić information content (AvgIpc) is 2.76. The van der Waals surface area contributed by atoms with Gasteiger partial charge in [-0.2, -0.15) is 13.2 Å². The van der Waals surface area contributed by atoms with E-state index in [-0.39, 0.29) is 13.1 Å². The Balaban J connectivity index is 2.15. The first kappa shape index (κ1) is 25.0. The van der Waals surface area contributed by atoms with E-state index in [2.05, 4.69) is 5.32 Å². The van der Waals surface area contributed by atoms with Gasteiger partial charge in [-0.1, -0.05) is 19.1 Å². The summed E-state index contributed by atoms with van der Waals surface area (Å²) in [4.78, 5) is 24.9. The molecule has 0 unspecified atom stereocenters. The second-order valence-corrected chi connectivity index (χ2v) is 6.91. The van der Waals surface area contributed by atoms with Crippen molar-refractivity contribution in [3.05, 3.63) is 53.6 Å². The summed E-state index contributed by atoms with van der Waals surface area (Å²) >= 11 is 0. The fourth-order valence-electron chi connectivity index (χ4n) is 2.93. The van der Waals surface area contributed by atoms with E-state index in [1.165, 1.54) is 13.0 Å². The molecule has 2 rings (SSSR count). The van der Waals surface area contributed by atoms with Crippen LogP contribution in [0.4, 0.5) is 18.9 Å². The summed E-state index contributed by atoms with van der Waals surface area (Å²) in [7, 11) is 0. The van der Waals surface area contributed by atoms with Crippen LogP contribution in [0.2, 0.25) is 0 Å². The minimum Gasteiger partial charge on any atom is -0.490 e. The van der Waals surface area contributed by atoms with Crippen LogP contribution >= 0.6 is 0 Å². The predicted molar refractivity (Wildman–Crippen MR) is 115 cm³/mol. The second-order valence-electron chi connectivity index (χ2n) is 6.91. The summed E-state index contributed by atoms with van der Waals surface area (Å²) in [5.74, 6) is -1.32. The van der Waals surface area contributed by atoms with E-state index in [1.807, 2.05) is 13.8 Å². The largest absolute Gasteiger partial charge is 0.490 e. The summed E-state index contributed by atoms with van der Waals surface area (Å²) in [6.07, 6.45) is -4.11. The molecular formula is C23H27F3N2O4. The molecule has 0 saturated carbocycles. The highest BCUT2D eigenvalue weighted by Crippen LogP contribution is 2.29. The molecule has 174 valence electrons. The summed E-state index contributed by atoms with van der Waals surface area (Å²) in [6, 6.07) is 11.2. The quantitative estimate of drug-likeness (QED) is 0.549. The third kappa shape index (κ3) is 6.90. The number of alkyl halides is 3. The molecule has 0 atom stereocenters. The molecule has 0 radical (unpaired) electrons. The summed E-state index contributed by atoms with van der Waals surface area (Å²) in [5.41, 5.74) is 1.19. The van der Waals surface area contributed by atoms with Gasteiger partial charge in [0.1, 0.15) is 0 Å². The first-order valence-electron chi connectivity index (χ1n) is 10.4. The Hall–Kier alpha value is -3.23. The number of amides is 2. The maximum atomic E-state index is 12.7. The fraction of sp³-hybridized carbons (Fsp3) is 0.391. The minimum absolute atomic E-state index is 0.0956. The maximum Gasteiger partial charge on any atom is 0.471 e. The molecule has 32 heavy (non-hydrogen) atoms. The topological polar surface area (TPSA) is 67.9 Å². The van der Waals surface area contributed by atoms with Gasteiger partial charge in [-0.05, 0) is 56.2 Å². The minimum atomic E-state index is -4.94. The van der Waals surface area contributed by atoms with E-state index < -0.39 is 18.0 Å². The lowest BCUT2D eigenvalue weighted by molar-refractivity contribution is -0.185. The Bertz CT molecular complexity index is 932. The third-order valence-corrected chi connectivity index (χ3v) is 4.44. The van der Waals surface area contributed by atoms with Crippen LogP contribution in [0.25, 0.3) is 0 Å². The lowest BCUT2D eigenvalue weighted by Crippen LogP contribution is -2.40. The van der Waals surface area contributed by atoms with E-state index >= 15 is 0 Å². The molecular weight excluding hydrogens is 425 g/mol. The highest BCUT2D eigenvalue weighted by molar-refractivity contribution is 6.04. The number of hydrogen-bond donors (Lipinski definition) is 1. The van der Waals surface area contributed by atoms with Crippen LogP contribution in [0, 0.1) is 0 Å². The highest BCUT2D eigenvalue weighted by Gasteiger charge is 2.41. The molecule has 0 aliphatic rings. The van der Waals surface area contributed by atoms with Gasteiger partial charge < -0.3 is 19.7 Å². The Kier molecular flexibility index (Phi) is 8.92. The van der Waals surface area contributed by atoms with Crippen molar-refractivity contribution in [2.75, 3.05) is 25.1 Å². The molecule has 2 aromatic rings. The van der Waals surface area contributed by atoms with Crippen molar-refractivity contribution in [1.29, 1.82) is 0 Å². The number of nitrogens with one attached hydrogen (secondary N) is 1. The molecule has 9 heteroatoms. The van der Waals surface area contributed by atoms with Gasteiger partial charge in [0.2, 0.25) is 0 Å². The molecule has 6 nitrogen and oxygen atoms in total. The maximum absolute atomic E-state index is 12.7. The number of benzene rings is 2. The molecule has 0 fully saturated rings. The van der Waals surface area contributed by atoms with Gasteiger partial charge in [-0.15, -0.1) is 0 Å². The standard InChI is InChI=1S/C23H27F3N2O4/c1-4-12-32-19-11-10-17(14-20(19)31-6-3)21(29)27-18-9-7-8-16(13-18)15-28(5-2)22(30)23(24,25)26/h7-11,13-14H,4-6,12,15H2,1-3H3,(H,27,29). The van der Waals surface area contributed by atoms with Crippen molar-refractivity contribution < 1.29 is 32.2 Å². The lowest BCUT2D eigenvalue weighted by Gasteiger charge is -2.22. The van der Waals surface area contributed by atoms with E-state index in [1.54, 1.807) is 36.4 Å². The van der Waals surface area contributed by atoms with Crippen LogP contribution < -0.4 is 14.8 Å². The third-order valence-electron chi connectivity index (χ3n) is 4.44. The van der Waals surface area contributed by atoms with E-state index in [9.17, 15) is 22.8 Å². The van der Waals surface area contributed by atoms with Gasteiger partial charge in [-0.3, -0.25) is 9.59 Å². The molecule has 0 aromatic heterocycles. The molecule has 0 spiro atoms. The number of nitrogens with zero attached hydrogens (tertiary/aromatic N) is 1. The van der Waals surface area contributed by atoms with Crippen LogP contribution in [-0.2, 0) is 11.3 Å². The number of hydrogen-bond acceptors (Lipinski definition) is 4. The van der Waals surface area contributed by atoms with Crippen molar-refractivity contribution in [3.8, 4) is 11.5 Å². The molecule has 0 aliphatic heterocycles. The van der Waals surface area contributed by atoms with Crippen molar-refractivity contribution in [1.82, 2.24) is 4.90 Å². The SMILES string of the molecule is CCCOc1ccc(C(=O)Nc2cccc(CN(CC)C(=O)C(F)(F)F)c2)cc1OCC. The number of carbonyl (C=O) groups excluding carboxylic acids is 2. The average molecular weight is 452 g/mol. The number of halogens is 3. The first-order valence-corrected chi connectivity index (χ1v) is 10.4. The van der Waals surface area contributed by atoms with Crippen LogP contribution in [0.3, 0.4) is 0 Å². The Morgan fingerprint density at radius 1 is 1.00 bits per heavy atom. The molecule has 0 heterocycles. The van der Waals surface area contributed by atoms with Gasteiger partial charge in [0.15, 0.2) is 11.5 Å². The van der Waals surface area contributed by atoms with Crippen LogP contribution in [-0.4, -0.2) is 42.6 Å². The van der Waals surface area contributed by atoms with Gasteiger partial charge >= 0.3 is 12.1 Å². The van der Waals surface area contributed by atoms with Crippen molar-refractivity contribution in [2.24, 2.45) is 0 Å². The van der Waals surface area contributed by atoms with Crippen LogP contribution in [0.15, 0.2) is 42.5 Å². The van der Waals surface area contributed by atoms with Crippen molar-refractivity contribution in [2.45, 2.75) is 39.9 Å². The number of anilines is 1. The molecule has 0 bridgehead atoms. The number of carbonyl (C=O) groups is 2. The lowest BCUT2D eigenvalue weighted by atomic mass is 10.1. The van der Waals surface area contributed by atoms with Crippen LogP contribution in [0.5, 0.6) is 11.5 Å². The van der Waals surface area contributed by atoms with Gasteiger partial charge in [0.05, 0.1) is 13.2 Å². The molecule has 0 saturated heterocycles. The van der Waals surface area contributed by atoms with Crippen molar-refractivity contribution >= 4 is 17.5 Å². The molecule has 2 amide bonds. The van der Waals surface area contributed by atoms with E-state index in [4.69, 9.17) is 9.47 Å². The summed E-state index contributed by atoms with van der Waals surface area (Å²) in [6.45, 7) is 5.88. The van der Waals surface area contributed by atoms with Crippen molar-refractivity contribution in [3.63, 3.8) is 0 Å². The second kappa shape index (κ2) is 11.4. The monoisotopic (exact) mass is 452 g/mol. The smallest absolute Gasteiger partial charge is 0.471 e. The summed E-state index contributed by atoms with van der Waals surface area (Å²) < 4.78 is 49.4. The highest BCUT2D eigenvalue weighted by atomic mass is 19.4. The zero-order valence-electron chi connectivity index (χ0n) is 18.3. The van der Waals surface area contributed by atoms with Gasteiger partial charge in [-0.25, -0.2) is 0 Å². The molecule has 1 N–H and O–H groups in total.